The van der Waals surface area contributed by atoms with Crippen molar-refractivity contribution in [2.45, 2.75) is 25.7 Å². The van der Waals surface area contributed by atoms with Crippen LogP contribution in [0.1, 0.15) is 36.2 Å². The van der Waals surface area contributed by atoms with Gasteiger partial charge in [0, 0.05) is 18.8 Å². The van der Waals surface area contributed by atoms with Crippen molar-refractivity contribution in [2.75, 3.05) is 23.3 Å². The molecule has 1 N–H and O–H groups in total. The molecule has 0 radical (unpaired) electrons. The summed E-state index contributed by atoms with van der Waals surface area (Å²) in [5, 5.41) is 2.85. The van der Waals surface area contributed by atoms with E-state index in [4.69, 9.17) is 4.74 Å². The van der Waals surface area contributed by atoms with Crippen molar-refractivity contribution < 1.29 is 9.53 Å². The van der Waals surface area contributed by atoms with Crippen LogP contribution in [-0.4, -0.2) is 29.0 Å². The molecular formula is C23H24N4O2. The number of nitrogens with zero attached hydrogens (tertiary/aromatic N) is 3. The van der Waals surface area contributed by atoms with Crippen LogP contribution in [0.25, 0.3) is 0 Å². The summed E-state index contributed by atoms with van der Waals surface area (Å²) in [6, 6.07) is 16.8. The zero-order valence-electron chi connectivity index (χ0n) is 16.3. The minimum absolute atomic E-state index is 0.281. The third-order valence-electron chi connectivity index (χ3n) is 4.89. The number of hydrogen-bond donors (Lipinski definition) is 1. The molecule has 6 nitrogen and oxygen atoms in total. The fraction of sp³-hybridized carbons (Fsp3) is 0.261. The number of hydrogen-bond acceptors (Lipinski definition) is 5. The van der Waals surface area contributed by atoms with E-state index in [1.54, 1.807) is 24.5 Å². The summed E-state index contributed by atoms with van der Waals surface area (Å²) in [5.74, 6) is 2.03. The van der Waals surface area contributed by atoms with Crippen LogP contribution in [0.3, 0.4) is 0 Å². The van der Waals surface area contributed by atoms with E-state index in [2.05, 4.69) is 20.2 Å². The normalized spacial score (nSPS) is 14.1. The second-order valence-electron chi connectivity index (χ2n) is 7.05. The summed E-state index contributed by atoms with van der Waals surface area (Å²) >= 11 is 0. The zero-order chi connectivity index (χ0) is 19.9. The van der Waals surface area contributed by atoms with Crippen LogP contribution in [0.5, 0.6) is 11.5 Å². The highest BCUT2D eigenvalue weighted by Crippen LogP contribution is 2.23. The average Bonchev–Trinajstić information content (AvgIpc) is 3.06. The number of para-hydroxylation sites is 1. The van der Waals surface area contributed by atoms with Crippen molar-refractivity contribution in [1.82, 2.24) is 9.97 Å². The number of anilines is 2. The van der Waals surface area contributed by atoms with Crippen molar-refractivity contribution in [1.29, 1.82) is 0 Å². The van der Waals surface area contributed by atoms with Crippen LogP contribution in [0.2, 0.25) is 0 Å². The summed E-state index contributed by atoms with van der Waals surface area (Å²) in [6.07, 6.45) is 8.11. The molecule has 29 heavy (non-hydrogen) atoms. The van der Waals surface area contributed by atoms with Gasteiger partial charge in [-0.2, -0.15) is 0 Å². The zero-order valence-corrected chi connectivity index (χ0v) is 16.3. The Labute approximate surface area is 170 Å². The van der Waals surface area contributed by atoms with Crippen LogP contribution < -0.4 is 15.0 Å². The van der Waals surface area contributed by atoms with Crippen LogP contribution in [0.15, 0.2) is 67.0 Å². The van der Waals surface area contributed by atoms with Crippen LogP contribution in [-0.2, 0) is 0 Å². The third-order valence-corrected chi connectivity index (χ3v) is 4.89. The molecule has 3 aromatic rings. The Hall–Kier alpha value is -3.41. The molecule has 0 aliphatic carbocycles. The topological polar surface area (TPSA) is 67.3 Å². The predicted octanol–water partition coefficient (Wildman–Crippen LogP) is 4.90. The highest BCUT2D eigenvalue weighted by molar-refractivity contribution is 6.02. The van der Waals surface area contributed by atoms with Crippen molar-refractivity contribution >= 4 is 17.4 Å². The quantitative estimate of drug-likeness (QED) is 0.673. The molecule has 6 heteroatoms. The van der Waals surface area contributed by atoms with Crippen LogP contribution in [0.4, 0.5) is 11.5 Å². The molecule has 0 spiro atoms. The molecule has 2 aromatic carbocycles. The first-order valence-corrected chi connectivity index (χ1v) is 9.99. The second kappa shape index (κ2) is 9.19. The van der Waals surface area contributed by atoms with Gasteiger partial charge >= 0.3 is 0 Å². The number of nitrogens with one attached hydrogen (secondary N) is 1. The van der Waals surface area contributed by atoms with Gasteiger partial charge in [0.2, 0.25) is 0 Å². The molecule has 4 rings (SSSR count). The lowest BCUT2D eigenvalue weighted by Gasteiger charge is -2.20. The Bertz CT molecular complexity index is 919. The molecular weight excluding hydrogens is 364 g/mol. The van der Waals surface area contributed by atoms with Crippen LogP contribution in [0, 0.1) is 0 Å². The highest BCUT2D eigenvalue weighted by Gasteiger charge is 2.13. The van der Waals surface area contributed by atoms with Gasteiger partial charge in [-0.05, 0) is 49.2 Å². The van der Waals surface area contributed by atoms with Gasteiger partial charge in [-0.15, -0.1) is 0 Å². The van der Waals surface area contributed by atoms with Crippen molar-refractivity contribution in [2.24, 2.45) is 0 Å². The Balaban J connectivity index is 1.36. The van der Waals surface area contributed by atoms with Crippen molar-refractivity contribution in [3.05, 3.63) is 72.7 Å². The molecule has 1 amide bonds. The molecule has 1 fully saturated rings. The number of rotatable bonds is 5. The van der Waals surface area contributed by atoms with Gasteiger partial charge in [-0.1, -0.05) is 31.0 Å². The van der Waals surface area contributed by atoms with Crippen molar-refractivity contribution in [3.8, 4) is 11.5 Å². The number of carbonyl (C=O) groups is 1. The van der Waals surface area contributed by atoms with E-state index in [1.165, 1.54) is 25.7 Å². The highest BCUT2D eigenvalue weighted by atomic mass is 16.5. The Kier molecular flexibility index (Phi) is 6.00. The molecule has 1 aromatic heterocycles. The minimum atomic E-state index is -0.281. The van der Waals surface area contributed by atoms with Crippen LogP contribution >= 0.6 is 0 Å². The first kappa shape index (κ1) is 18.9. The summed E-state index contributed by atoms with van der Waals surface area (Å²) in [7, 11) is 0. The lowest BCUT2D eigenvalue weighted by Crippen LogP contribution is -2.25. The third kappa shape index (κ3) is 5.10. The number of benzene rings is 2. The standard InChI is InChI=1S/C23H24N4O2/c28-23(21-16-25-22(17-24-21)27-14-6-1-2-7-15-27)26-18-10-12-20(13-11-18)29-19-8-4-3-5-9-19/h3-5,8-13,16-17H,1-2,6-7,14-15H2,(H,26,28). The molecule has 1 aliphatic rings. The van der Waals surface area contributed by atoms with Gasteiger partial charge in [0.05, 0.1) is 12.4 Å². The van der Waals surface area contributed by atoms with Gasteiger partial charge < -0.3 is 15.0 Å². The van der Waals surface area contributed by atoms with E-state index in [-0.39, 0.29) is 5.91 Å². The monoisotopic (exact) mass is 388 g/mol. The van der Waals surface area contributed by atoms with E-state index in [9.17, 15) is 4.79 Å². The predicted molar refractivity (Wildman–Crippen MR) is 114 cm³/mol. The maximum absolute atomic E-state index is 12.5. The Morgan fingerprint density at radius 1 is 0.828 bits per heavy atom. The average molecular weight is 388 g/mol. The SMILES string of the molecule is O=C(Nc1ccc(Oc2ccccc2)cc1)c1cnc(N2CCCCCC2)cn1. The number of aromatic nitrogens is 2. The number of amides is 1. The largest absolute Gasteiger partial charge is 0.457 e. The van der Waals surface area contributed by atoms with Gasteiger partial charge in [0.15, 0.2) is 0 Å². The Morgan fingerprint density at radius 2 is 1.52 bits per heavy atom. The molecule has 0 atom stereocenters. The van der Waals surface area contributed by atoms with Gasteiger partial charge in [0.25, 0.3) is 5.91 Å². The molecule has 1 saturated heterocycles. The maximum Gasteiger partial charge on any atom is 0.275 e. The maximum atomic E-state index is 12.5. The first-order chi connectivity index (χ1) is 14.3. The van der Waals surface area contributed by atoms with E-state index in [0.29, 0.717) is 17.1 Å². The van der Waals surface area contributed by atoms with E-state index in [0.717, 1.165) is 24.7 Å². The smallest absolute Gasteiger partial charge is 0.275 e. The number of carbonyl (C=O) groups excluding carboxylic acids is 1. The molecule has 148 valence electrons. The van der Waals surface area contributed by atoms with Gasteiger partial charge in [0.1, 0.15) is 23.0 Å². The molecule has 0 unspecified atom stereocenters. The Morgan fingerprint density at radius 3 is 2.17 bits per heavy atom. The molecule has 0 bridgehead atoms. The summed E-state index contributed by atoms with van der Waals surface area (Å²) < 4.78 is 5.76. The fourth-order valence-corrected chi connectivity index (χ4v) is 3.33. The second-order valence-corrected chi connectivity index (χ2v) is 7.05. The lowest BCUT2D eigenvalue weighted by atomic mass is 10.2. The van der Waals surface area contributed by atoms with Gasteiger partial charge in [-0.3, -0.25) is 4.79 Å². The number of ether oxygens (including phenoxy) is 1. The van der Waals surface area contributed by atoms with E-state index >= 15 is 0 Å². The first-order valence-electron chi connectivity index (χ1n) is 9.99. The van der Waals surface area contributed by atoms with E-state index < -0.39 is 0 Å². The fourth-order valence-electron chi connectivity index (χ4n) is 3.33. The minimum Gasteiger partial charge on any atom is -0.457 e. The van der Waals surface area contributed by atoms with Gasteiger partial charge in [-0.25, -0.2) is 9.97 Å². The summed E-state index contributed by atoms with van der Waals surface area (Å²) in [5.41, 5.74) is 0.974. The summed E-state index contributed by atoms with van der Waals surface area (Å²) in [4.78, 5) is 23.5. The molecule has 2 heterocycles. The lowest BCUT2D eigenvalue weighted by molar-refractivity contribution is 0.102. The molecule has 0 saturated carbocycles. The van der Waals surface area contributed by atoms with E-state index in [1.807, 2.05) is 42.5 Å². The van der Waals surface area contributed by atoms with Crippen molar-refractivity contribution in [3.63, 3.8) is 0 Å². The molecule has 1 aliphatic heterocycles. The summed E-state index contributed by atoms with van der Waals surface area (Å²) in [6.45, 7) is 2.00.